The number of nitrogens with one attached hydrogen (secondary N) is 1. The van der Waals surface area contributed by atoms with Gasteiger partial charge in [0.1, 0.15) is 5.76 Å². The maximum Gasteiger partial charge on any atom is 0.287 e. The van der Waals surface area contributed by atoms with Crippen LogP contribution < -0.4 is 10.7 Å². The minimum Gasteiger partial charge on any atom is -0.456 e. The molecule has 1 aromatic heterocycles. The van der Waals surface area contributed by atoms with Gasteiger partial charge in [0.2, 0.25) is 0 Å². The van der Waals surface area contributed by atoms with E-state index in [0.29, 0.717) is 24.3 Å². The molecule has 1 saturated heterocycles. The van der Waals surface area contributed by atoms with Crippen LogP contribution in [0.4, 0.5) is 0 Å². The van der Waals surface area contributed by atoms with Crippen molar-refractivity contribution in [2.75, 3.05) is 19.6 Å². The van der Waals surface area contributed by atoms with Crippen molar-refractivity contribution in [1.29, 1.82) is 0 Å². The number of carbonyl (C=O) groups excluding carboxylic acids is 1. The molecule has 1 N–H and O–H groups in total. The van der Waals surface area contributed by atoms with Gasteiger partial charge in [-0.1, -0.05) is 13.8 Å². The third-order valence-electron chi connectivity index (χ3n) is 3.96. The van der Waals surface area contributed by atoms with Crippen LogP contribution in [0.5, 0.6) is 0 Å². The summed E-state index contributed by atoms with van der Waals surface area (Å²) in [7, 11) is 0. The van der Waals surface area contributed by atoms with Crippen LogP contribution in [0.3, 0.4) is 0 Å². The highest BCUT2D eigenvalue weighted by atomic mass is 16.3. The number of amides is 1. The summed E-state index contributed by atoms with van der Waals surface area (Å²) in [5.74, 6) is 0.685. The van der Waals surface area contributed by atoms with Gasteiger partial charge in [-0.25, -0.2) is 0 Å². The van der Waals surface area contributed by atoms with Gasteiger partial charge in [0.25, 0.3) is 5.91 Å². The van der Waals surface area contributed by atoms with Gasteiger partial charge in [-0.15, -0.1) is 0 Å². The van der Waals surface area contributed by atoms with E-state index in [-0.39, 0.29) is 17.1 Å². The molecule has 0 saturated carbocycles. The van der Waals surface area contributed by atoms with E-state index in [1.54, 1.807) is 6.92 Å². The second-order valence-corrected chi connectivity index (χ2v) is 6.03. The fraction of sp³-hybridized carbons (Fsp3) is 0.625. The van der Waals surface area contributed by atoms with Gasteiger partial charge in [0, 0.05) is 24.7 Å². The van der Waals surface area contributed by atoms with Gasteiger partial charge in [0.05, 0.1) is 0 Å². The van der Waals surface area contributed by atoms with Crippen molar-refractivity contribution in [3.05, 3.63) is 33.9 Å². The van der Waals surface area contributed by atoms with Gasteiger partial charge in [-0.3, -0.25) is 14.5 Å². The third kappa shape index (κ3) is 4.17. The highest BCUT2D eigenvalue weighted by Gasteiger charge is 2.25. The first kappa shape index (κ1) is 15.8. The molecular formula is C16H24N2O3. The van der Waals surface area contributed by atoms with Crippen molar-refractivity contribution in [2.24, 2.45) is 5.92 Å². The van der Waals surface area contributed by atoms with Crippen LogP contribution in [0.15, 0.2) is 21.3 Å². The summed E-state index contributed by atoms with van der Waals surface area (Å²) < 4.78 is 5.31. The van der Waals surface area contributed by atoms with Crippen molar-refractivity contribution in [3.63, 3.8) is 0 Å². The summed E-state index contributed by atoms with van der Waals surface area (Å²) in [5, 5.41) is 2.90. The van der Waals surface area contributed by atoms with Crippen LogP contribution in [0.1, 0.15) is 43.0 Å². The first-order valence-corrected chi connectivity index (χ1v) is 7.61. The van der Waals surface area contributed by atoms with Gasteiger partial charge >= 0.3 is 0 Å². The van der Waals surface area contributed by atoms with E-state index in [9.17, 15) is 9.59 Å². The summed E-state index contributed by atoms with van der Waals surface area (Å²) in [6.07, 6.45) is 2.45. The molecule has 0 aromatic carbocycles. The Morgan fingerprint density at radius 2 is 2.00 bits per heavy atom. The Labute approximate surface area is 125 Å². The first-order chi connectivity index (χ1) is 9.97. The minimum absolute atomic E-state index is 0.0870. The number of carbonyl (C=O) groups is 1. The maximum atomic E-state index is 12.1. The Balaban J connectivity index is 1.99. The number of likely N-dealkylation sites (tertiary alicyclic amines) is 1. The molecule has 116 valence electrons. The van der Waals surface area contributed by atoms with Crippen molar-refractivity contribution >= 4 is 5.91 Å². The van der Waals surface area contributed by atoms with E-state index < -0.39 is 0 Å². The molecule has 1 aliphatic heterocycles. The summed E-state index contributed by atoms with van der Waals surface area (Å²) in [6.45, 7) is 8.77. The van der Waals surface area contributed by atoms with Crippen LogP contribution in [0, 0.1) is 12.8 Å². The zero-order chi connectivity index (χ0) is 15.4. The molecule has 1 fully saturated rings. The number of rotatable bonds is 5. The molecule has 2 heterocycles. The average Bonchev–Trinajstić information content (AvgIpc) is 2.91. The molecule has 5 heteroatoms. The Morgan fingerprint density at radius 1 is 1.33 bits per heavy atom. The zero-order valence-corrected chi connectivity index (χ0v) is 13.0. The summed E-state index contributed by atoms with van der Waals surface area (Å²) in [5.41, 5.74) is -0.205. The summed E-state index contributed by atoms with van der Waals surface area (Å²) >= 11 is 0. The van der Waals surface area contributed by atoms with Gasteiger partial charge < -0.3 is 9.73 Å². The van der Waals surface area contributed by atoms with Crippen LogP contribution >= 0.6 is 0 Å². The van der Waals surface area contributed by atoms with Crippen molar-refractivity contribution in [3.8, 4) is 0 Å². The summed E-state index contributed by atoms with van der Waals surface area (Å²) in [6, 6.07) is 2.94. The SMILES string of the molecule is Cc1cc(=O)cc(C(=O)NC[C@H](C(C)C)N2CCCC2)o1. The lowest BCUT2D eigenvalue weighted by Gasteiger charge is -2.30. The van der Waals surface area contributed by atoms with E-state index >= 15 is 0 Å². The van der Waals surface area contributed by atoms with E-state index in [2.05, 4.69) is 24.1 Å². The van der Waals surface area contributed by atoms with Crippen LogP contribution in [0.25, 0.3) is 0 Å². The third-order valence-corrected chi connectivity index (χ3v) is 3.96. The van der Waals surface area contributed by atoms with E-state index in [4.69, 9.17) is 4.42 Å². The fourth-order valence-corrected chi connectivity index (χ4v) is 2.86. The lowest BCUT2D eigenvalue weighted by atomic mass is 10.0. The van der Waals surface area contributed by atoms with Crippen LogP contribution in [-0.4, -0.2) is 36.5 Å². The molecule has 1 aromatic rings. The quantitative estimate of drug-likeness (QED) is 0.899. The number of hydrogen-bond acceptors (Lipinski definition) is 4. The lowest BCUT2D eigenvalue weighted by Crippen LogP contribution is -2.45. The molecule has 21 heavy (non-hydrogen) atoms. The first-order valence-electron chi connectivity index (χ1n) is 7.61. The molecule has 1 aliphatic rings. The Bertz CT molecular complexity index is 545. The highest BCUT2D eigenvalue weighted by molar-refractivity contribution is 5.91. The molecule has 1 atom stereocenters. The van der Waals surface area contributed by atoms with E-state index in [1.165, 1.54) is 25.0 Å². The Kier molecular flexibility index (Phi) is 5.17. The molecule has 0 aliphatic carbocycles. The normalized spacial score (nSPS) is 17.1. The monoisotopic (exact) mass is 292 g/mol. The van der Waals surface area contributed by atoms with Gasteiger partial charge in [-0.2, -0.15) is 0 Å². The molecule has 2 rings (SSSR count). The second-order valence-electron chi connectivity index (χ2n) is 6.03. The van der Waals surface area contributed by atoms with Crippen molar-refractivity contribution < 1.29 is 9.21 Å². The van der Waals surface area contributed by atoms with Crippen LogP contribution in [0.2, 0.25) is 0 Å². The number of aryl methyl sites for hydroxylation is 1. The predicted octanol–water partition coefficient (Wildman–Crippen LogP) is 1.80. The van der Waals surface area contributed by atoms with Crippen LogP contribution in [-0.2, 0) is 0 Å². The lowest BCUT2D eigenvalue weighted by molar-refractivity contribution is 0.0895. The second kappa shape index (κ2) is 6.89. The van der Waals surface area contributed by atoms with E-state index in [0.717, 1.165) is 13.1 Å². The van der Waals surface area contributed by atoms with E-state index in [1.807, 2.05) is 0 Å². The van der Waals surface area contributed by atoms with Gasteiger partial charge in [0.15, 0.2) is 11.2 Å². The molecule has 0 spiro atoms. The topological polar surface area (TPSA) is 62.6 Å². The molecule has 1 amide bonds. The molecule has 5 nitrogen and oxygen atoms in total. The fourth-order valence-electron chi connectivity index (χ4n) is 2.86. The number of hydrogen-bond donors (Lipinski definition) is 1. The van der Waals surface area contributed by atoms with Crippen molar-refractivity contribution in [1.82, 2.24) is 10.2 Å². The molecule has 0 unspecified atom stereocenters. The number of nitrogens with zero attached hydrogens (tertiary/aromatic N) is 1. The Hall–Kier alpha value is -1.62. The largest absolute Gasteiger partial charge is 0.456 e. The maximum absolute atomic E-state index is 12.1. The summed E-state index contributed by atoms with van der Waals surface area (Å²) in [4.78, 5) is 26.0. The average molecular weight is 292 g/mol. The molecule has 0 bridgehead atoms. The van der Waals surface area contributed by atoms with Crippen molar-refractivity contribution in [2.45, 2.75) is 39.7 Å². The van der Waals surface area contributed by atoms with Gasteiger partial charge in [-0.05, 0) is 38.8 Å². The highest BCUT2D eigenvalue weighted by Crippen LogP contribution is 2.17. The smallest absolute Gasteiger partial charge is 0.287 e. The molecule has 0 radical (unpaired) electrons. The standard InChI is InChI=1S/C16H24N2O3/c1-11(2)14(18-6-4-5-7-18)10-17-16(20)15-9-13(19)8-12(3)21-15/h8-9,11,14H,4-7,10H2,1-3H3,(H,17,20)/t14-/m1/s1. The predicted molar refractivity (Wildman–Crippen MR) is 81.5 cm³/mol. The minimum atomic E-state index is -0.319. The Morgan fingerprint density at radius 3 is 2.57 bits per heavy atom. The zero-order valence-electron chi connectivity index (χ0n) is 13.0. The molecular weight excluding hydrogens is 268 g/mol.